The summed E-state index contributed by atoms with van der Waals surface area (Å²) >= 11 is 0. The Morgan fingerprint density at radius 2 is 1.92 bits per heavy atom. The Bertz CT molecular complexity index is 805. The summed E-state index contributed by atoms with van der Waals surface area (Å²) in [6, 6.07) is 9.17. The zero-order valence-corrected chi connectivity index (χ0v) is 13.8. The first-order valence-electron chi connectivity index (χ1n) is 8.33. The molecule has 1 aromatic carbocycles. The van der Waals surface area contributed by atoms with Crippen LogP contribution in [0.25, 0.3) is 0 Å². The van der Waals surface area contributed by atoms with Crippen molar-refractivity contribution in [2.45, 2.75) is 37.8 Å². The molecule has 1 aliphatic carbocycles. The van der Waals surface area contributed by atoms with Gasteiger partial charge in [0.15, 0.2) is 5.82 Å². The maximum Gasteiger partial charge on any atom is 0.267 e. The fourth-order valence-electron chi connectivity index (χ4n) is 3.03. The van der Waals surface area contributed by atoms with E-state index in [4.69, 9.17) is 11.5 Å². The number of nitrogens with two attached hydrogens (primary N) is 2. The van der Waals surface area contributed by atoms with Crippen molar-refractivity contribution in [1.82, 2.24) is 9.97 Å². The molecule has 0 aliphatic heterocycles. The molecule has 1 aliphatic rings. The van der Waals surface area contributed by atoms with Crippen LogP contribution in [-0.2, 0) is 0 Å². The Morgan fingerprint density at radius 3 is 2.60 bits per heavy atom. The first-order valence-corrected chi connectivity index (χ1v) is 8.33. The Kier molecular flexibility index (Phi) is 4.99. The van der Waals surface area contributed by atoms with Crippen LogP contribution < -0.4 is 27.7 Å². The number of primary amides is 1. The van der Waals surface area contributed by atoms with Crippen molar-refractivity contribution in [3.8, 4) is 0 Å². The van der Waals surface area contributed by atoms with E-state index in [0.717, 1.165) is 25.7 Å². The number of para-hydroxylation sites is 1. The predicted octanol–water partition coefficient (Wildman–Crippen LogP) is 1.29. The molecule has 0 spiro atoms. The molecule has 0 saturated heterocycles. The molecule has 2 aromatic rings. The minimum atomic E-state index is -0.840. The number of H-pyrrole nitrogens is 1. The molecule has 3 rings (SSSR count). The highest BCUT2D eigenvalue weighted by Gasteiger charge is 2.23. The second kappa shape index (κ2) is 7.35. The number of rotatable bonds is 5. The lowest BCUT2D eigenvalue weighted by atomic mass is 9.91. The van der Waals surface area contributed by atoms with E-state index in [9.17, 15) is 9.59 Å². The second-order valence-corrected chi connectivity index (χ2v) is 6.19. The molecule has 8 nitrogen and oxygen atoms in total. The first-order chi connectivity index (χ1) is 12.0. The number of aromatic nitrogens is 2. The van der Waals surface area contributed by atoms with Gasteiger partial charge >= 0.3 is 0 Å². The summed E-state index contributed by atoms with van der Waals surface area (Å²) in [7, 11) is 0. The van der Waals surface area contributed by atoms with Gasteiger partial charge in [0.1, 0.15) is 5.56 Å². The molecule has 0 unspecified atom stereocenters. The van der Waals surface area contributed by atoms with Crippen LogP contribution in [0.5, 0.6) is 0 Å². The standard InChI is InChI=1S/C17H22N6O2/c18-11-8-4-5-9-12(11)21-17-22-15(13(14(19)24)16(25)23-17)20-10-6-2-1-3-7-10/h1-3,6-7,11-12H,4-5,8-9,18H2,(H2,19,24)(H3,20,21,22,23,25)/t11-,12+/m0/s1. The quantitative estimate of drug-likeness (QED) is 0.555. The van der Waals surface area contributed by atoms with Gasteiger partial charge in [-0.25, -0.2) is 0 Å². The summed E-state index contributed by atoms with van der Waals surface area (Å²) in [6.45, 7) is 0. The minimum Gasteiger partial charge on any atom is -0.365 e. The maximum atomic E-state index is 12.3. The van der Waals surface area contributed by atoms with E-state index >= 15 is 0 Å². The number of amides is 1. The second-order valence-electron chi connectivity index (χ2n) is 6.19. The summed E-state index contributed by atoms with van der Waals surface area (Å²) in [5.74, 6) is -0.446. The van der Waals surface area contributed by atoms with Gasteiger partial charge in [0.25, 0.3) is 11.5 Å². The summed E-state index contributed by atoms with van der Waals surface area (Å²) in [5, 5.41) is 6.16. The van der Waals surface area contributed by atoms with E-state index in [1.54, 1.807) is 12.1 Å². The number of nitrogens with zero attached hydrogens (tertiary/aromatic N) is 1. The van der Waals surface area contributed by atoms with Gasteiger partial charge in [-0.1, -0.05) is 31.0 Å². The fourth-order valence-corrected chi connectivity index (χ4v) is 3.03. The number of hydrogen-bond acceptors (Lipinski definition) is 6. The number of hydrogen-bond donors (Lipinski definition) is 5. The normalized spacial score (nSPS) is 20.0. The Morgan fingerprint density at radius 1 is 1.20 bits per heavy atom. The van der Waals surface area contributed by atoms with E-state index in [1.807, 2.05) is 18.2 Å². The van der Waals surface area contributed by atoms with Gasteiger partial charge in [0.2, 0.25) is 5.95 Å². The zero-order valence-electron chi connectivity index (χ0n) is 13.8. The van der Waals surface area contributed by atoms with Crippen LogP contribution in [-0.4, -0.2) is 28.0 Å². The average molecular weight is 342 g/mol. The highest BCUT2D eigenvalue weighted by atomic mass is 16.2. The summed E-state index contributed by atoms with van der Waals surface area (Å²) in [5.41, 5.74) is 11.4. The highest BCUT2D eigenvalue weighted by Crippen LogP contribution is 2.21. The third kappa shape index (κ3) is 3.97. The molecule has 7 N–H and O–H groups in total. The fraction of sp³-hybridized carbons (Fsp3) is 0.353. The highest BCUT2D eigenvalue weighted by molar-refractivity contribution is 5.98. The van der Waals surface area contributed by atoms with Crippen LogP contribution in [0, 0.1) is 0 Å². The van der Waals surface area contributed by atoms with Crippen molar-refractivity contribution < 1.29 is 4.79 Å². The summed E-state index contributed by atoms with van der Waals surface area (Å²) in [6.07, 6.45) is 4.01. The Hall–Kier alpha value is -2.87. The predicted molar refractivity (Wildman–Crippen MR) is 97.0 cm³/mol. The van der Waals surface area contributed by atoms with Crippen LogP contribution in [0.15, 0.2) is 35.1 Å². The van der Waals surface area contributed by atoms with E-state index < -0.39 is 11.5 Å². The first kappa shape index (κ1) is 17.0. The molecular weight excluding hydrogens is 320 g/mol. The third-order valence-electron chi connectivity index (χ3n) is 4.34. The molecule has 1 fully saturated rings. The van der Waals surface area contributed by atoms with E-state index in [0.29, 0.717) is 5.69 Å². The topological polar surface area (TPSA) is 139 Å². The van der Waals surface area contributed by atoms with Gasteiger partial charge in [-0.2, -0.15) is 4.98 Å². The molecule has 1 aromatic heterocycles. The monoisotopic (exact) mass is 342 g/mol. The maximum absolute atomic E-state index is 12.3. The number of aromatic amines is 1. The zero-order chi connectivity index (χ0) is 17.8. The van der Waals surface area contributed by atoms with Crippen molar-refractivity contribution in [3.05, 3.63) is 46.2 Å². The van der Waals surface area contributed by atoms with Crippen LogP contribution >= 0.6 is 0 Å². The van der Waals surface area contributed by atoms with E-state index in [-0.39, 0.29) is 29.4 Å². The number of benzene rings is 1. The molecule has 8 heteroatoms. The number of carbonyl (C=O) groups excluding carboxylic acids is 1. The molecule has 2 atom stereocenters. The largest absolute Gasteiger partial charge is 0.365 e. The van der Waals surface area contributed by atoms with Gasteiger partial charge in [-0.15, -0.1) is 0 Å². The Labute approximate surface area is 145 Å². The molecule has 25 heavy (non-hydrogen) atoms. The van der Waals surface area contributed by atoms with Gasteiger partial charge in [-0.05, 0) is 25.0 Å². The van der Waals surface area contributed by atoms with Crippen LogP contribution in [0.2, 0.25) is 0 Å². The average Bonchev–Trinajstić information content (AvgIpc) is 2.57. The molecule has 1 amide bonds. The minimum absolute atomic E-state index is 0.000372. The van der Waals surface area contributed by atoms with Gasteiger partial charge in [-0.3, -0.25) is 14.6 Å². The molecule has 1 heterocycles. The lowest BCUT2D eigenvalue weighted by molar-refractivity contribution is 0.0999. The third-order valence-corrected chi connectivity index (χ3v) is 4.34. The van der Waals surface area contributed by atoms with Crippen molar-refractivity contribution in [2.24, 2.45) is 11.5 Å². The molecule has 0 radical (unpaired) electrons. The van der Waals surface area contributed by atoms with Crippen molar-refractivity contribution in [3.63, 3.8) is 0 Å². The lowest BCUT2D eigenvalue weighted by Gasteiger charge is -2.29. The van der Waals surface area contributed by atoms with Crippen LogP contribution in [0.4, 0.5) is 17.5 Å². The summed E-state index contributed by atoms with van der Waals surface area (Å²) in [4.78, 5) is 30.9. The van der Waals surface area contributed by atoms with E-state index in [1.165, 1.54) is 0 Å². The van der Waals surface area contributed by atoms with Crippen molar-refractivity contribution in [1.29, 1.82) is 0 Å². The van der Waals surface area contributed by atoms with Crippen molar-refractivity contribution in [2.75, 3.05) is 10.6 Å². The SMILES string of the molecule is NC(=O)c1c(Nc2ccccc2)nc(N[C@@H]2CCCC[C@@H]2N)[nH]c1=O. The molecule has 0 bridgehead atoms. The molecule has 1 saturated carbocycles. The van der Waals surface area contributed by atoms with Gasteiger partial charge in [0, 0.05) is 17.8 Å². The summed E-state index contributed by atoms with van der Waals surface area (Å²) < 4.78 is 0. The lowest BCUT2D eigenvalue weighted by Crippen LogP contribution is -2.43. The number of nitrogens with one attached hydrogen (secondary N) is 3. The Balaban J connectivity index is 1.92. The van der Waals surface area contributed by atoms with Gasteiger partial charge in [0.05, 0.1) is 0 Å². The van der Waals surface area contributed by atoms with Crippen LogP contribution in [0.1, 0.15) is 36.0 Å². The molecular formula is C17H22N6O2. The van der Waals surface area contributed by atoms with Crippen LogP contribution in [0.3, 0.4) is 0 Å². The number of carbonyl (C=O) groups is 1. The van der Waals surface area contributed by atoms with Gasteiger partial charge < -0.3 is 22.1 Å². The number of anilines is 3. The molecule has 132 valence electrons. The smallest absolute Gasteiger partial charge is 0.267 e. The van der Waals surface area contributed by atoms with Crippen molar-refractivity contribution >= 4 is 23.4 Å². The van der Waals surface area contributed by atoms with E-state index in [2.05, 4.69) is 20.6 Å².